The molecule has 2 aliphatic rings. The van der Waals surface area contributed by atoms with Crippen molar-refractivity contribution in [1.82, 2.24) is 15.6 Å². The third-order valence-corrected chi connectivity index (χ3v) is 5.61. The van der Waals surface area contributed by atoms with Crippen molar-refractivity contribution in [2.45, 2.75) is 25.3 Å². The number of nitrogens with one attached hydrogen (secondary N) is 2. The average Bonchev–Trinajstić information content (AvgIpc) is 3.14. The highest BCUT2D eigenvalue weighted by Crippen LogP contribution is 2.29. The fraction of sp³-hybridized carbons (Fsp3) is 0.667. The first-order valence-electron chi connectivity index (χ1n) is 9.17. The van der Waals surface area contributed by atoms with E-state index in [1.54, 1.807) is 13.2 Å². The molecule has 0 bridgehead atoms. The number of anilines is 1. The quantitative estimate of drug-likeness (QED) is 0.526. The van der Waals surface area contributed by atoms with Gasteiger partial charge in [-0.15, -0.1) is 0 Å². The molecule has 1 atom stereocenters. The Hall–Kier alpha value is -1.57. The molecule has 144 valence electrons. The van der Waals surface area contributed by atoms with Gasteiger partial charge in [0, 0.05) is 57.5 Å². The molecule has 0 aliphatic carbocycles. The van der Waals surface area contributed by atoms with E-state index in [1.807, 2.05) is 12.1 Å². The van der Waals surface area contributed by atoms with E-state index >= 15 is 0 Å². The summed E-state index contributed by atoms with van der Waals surface area (Å²) in [5.74, 6) is 1.60. The molecule has 3 rings (SSSR count). The van der Waals surface area contributed by atoms with Crippen LogP contribution >= 0.6 is 11.6 Å². The Morgan fingerprint density at radius 3 is 3.00 bits per heavy atom. The number of ether oxygens (including phenoxy) is 1. The Kier molecular flexibility index (Phi) is 6.56. The van der Waals surface area contributed by atoms with Gasteiger partial charge in [-0.05, 0) is 31.4 Å². The molecule has 7 nitrogen and oxygen atoms in total. The maximum atomic E-state index is 9.82. The summed E-state index contributed by atoms with van der Waals surface area (Å²) in [5.41, 5.74) is -0.126. The number of aliphatic hydroxyl groups excluding tert-OH is 1. The largest absolute Gasteiger partial charge is 0.396 e. The summed E-state index contributed by atoms with van der Waals surface area (Å²) in [4.78, 5) is 10.9. The van der Waals surface area contributed by atoms with Gasteiger partial charge in [0.25, 0.3) is 0 Å². The van der Waals surface area contributed by atoms with E-state index in [1.165, 1.54) is 0 Å². The van der Waals surface area contributed by atoms with Gasteiger partial charge in [0.15, 0.2) is 5.96 Å². The number of aromatic nitrogens is 1. The molecule has 0 aromatic carbocycles. The van der Waals surface area contributed by atoms with Crippen molar-refractivity contribution >= 4 is 23.4 Å². The molecule has 2 aliphatic heterocycles. The zero-order valence-electron chi connectivity index (χ0n) is 15.2. The van der Waals surface area contributed by atoms with Crippen LogP contribution in [-0.4, -0.2) is 68.6 Å². The van der Waals surface area contributed by atoms with Crippen LogP contribution in [0.3, 0.4) is 0 Å². The number of pyridine rings is 1. The molecule has 8 heteroatoms. The first kappa shape index (κ1) is 19.2. The number of halogens is 1. The fourth-order valence-electron chi connectivity index (χ4n) is 3.53. The Labute approximate surface area is 159 Å². The number of aliphatic hydroxyl groups is 1. The van der Waals surface area contributed by atoms with Gasteiger partial charge in [0.05, 0.1) is 11.6 Å². The molecule has 3 N–H and O–H groups in total. The molecule has 0 saturated carbocycles. The molecule has 1 aromatic rings. The summed E-state index contributed by atoms with van der Waals surface area (Å²) < 4.78 is 5.42. The SMILES string of the molecule is CN=C(NCC1(CO)CCOCC1)NC1CCN(c2ncccc2Cl)C1. The van der Waals surface area contributed by atoms with Crippen LogP contribution in [0.25, 0.3) is 0 Å². The smallest absolute Gasteiger partial charge is 0.191 e. The Bertz CT molecular complexity index is 621. The highest BCUT2D eigenvalue weighted by molar-refractivity contribution is 6.32. The molecule has 2 saturated heterocycles. The Morgan fingerprint density at radius 1 is 1.50 bits per heavy atom. The van der Waals surface area contributed by atoms with Crippen LogP contribution in [0, 0.1) is 5.41 Å². The van der Waals surface area contributed by atoms with Gasteiger partial charge in [-0.2, -0.15) is 0 Å². The summed E-state index contributed by atoms with van der Waals surface area (Å²) in [6.07, 6.45) is 4.49. The van der Waals surface area contributed by atoms with Gasteiger partial charge in [0.1, 0.15) is 5.82 Å². The monoisotopic (exact) mass is 381 g/mol. The predicted octanol–water partition coefficient (Wildman–Crippen LogP) is 1.27. The number of nitrogens with zero attached hydrogens (tertiary/aromatic N) is 3. The topological polar surface area (TPSA) is 82.0 Å². The molecular formula is C18H28ClN5O2. The highest BCUT2D eigenvalue weighted by atomic mass is 35.5. The molecule has 1 aromatic heterocycles. The molecule has 3 heterocycles. The third kappa shape index (κ3) is 4.58. The minimum absolute atomic E-state index is 0.126. The number of aliphatic imine (C=N–C) groups is 1. The summed E-state index contributed by atoms with van der Waals surface area (Å²) >= 11 is 6.26. The van der Waals surface area contributed by atoms with E-state index in [4.69, 9.17) is 16.3 Å². The van der Waals surface area contributed by atoms with Crippen molar-refractivity contribution in [2.75, 3.05) is 51.4 Å². The van der Waals surface area contributed by atoms with Crippen LogP contribution in [-0.2, 0) is 4.74 Å². The number of hydrogen-bond donors (Lipinski definition) is 3. The maximum Gasteiger partial charge on any atom is 0.191 e. The van der Waals surface area contributed by atoms with E-state index in [0.717, 1.165) is 44.1 Å². The lowest BCUT2D eigenvalue weighted by atomic mass is 9.81. The van der Waals surface area contributed by atoms with E-state index in [2.05, 4.69) is 25.5 Å². The molecule has 0 radical (unpaired) electrons. The van der Waals surface area contributed by atoms with Gasteiger partial charge in [0.2, 0.25) is 0 Å². The van der Waals surface area contributed by atoms with Gasteiger partial charge in [-0.3, -0.25) is 4.99 Å². The van der Waals surface area contributed by atoms with Gasteiger partial charge in [-0.1, -0.05) is 11.6 Å². The number of hydrogen-bond acceptors (Lipinski definition) is 5. The first-order chi connectivity index (χ1) is 12.7. The molecule has 26 heavy (non-hydrogen) atoms. The summed E-state index contributed by atoms with van der Waals surface area (Å²) in [7, 11) is 1.77. The normalized spacial score (nSPS) is 23.1. The lowest BCUT2D eigenvalue weighted by molar-refractivity contribution is -0.0132. The molecule has 1 unspecified atom stereocenters. The zero-order chi connectivity index (χ0) is 18.4. The van der Waals surface area contributed by atoms with Crippen LogP contribution in [0.1, 0.15) is 19.3 Å². The zero-order valence-corrected chi connectivity index (χ0v) is 16.0. The predicted molar refractivity (Wildman–Crippen MR) is 104 cm³/mol. The number of rotatable bonds is 5. The van der Waals surface area contributed by atoms with Crippen molar-refractivity contribution in [3.63, 3.8) is 0 Å². The molecule has 0 spiro atoms. The van der Waals surface area contributed by atoms with Crippen LogP contribution in [0.4, 0.5) is 5.82 Å². The first-order valence-corrected chi connectivity index (χ1v) is 9.55. The van der Waals surface area contributed by atoms with Crippen molar-refractivity contribution < 1.29 is 9.84 Å². The fourth-order valence-corrected chi connectivity index (χ4v) is 3.78. The Balaban J connectivity index is 1.52. The highest BCUT2D eigenvalue weighted by Gasteiger charge is 2.32. The second kappa shape index (κ2) is 8.88. The van der Waals surface area contributed by atoms with Crippen LogP contribution < -0.4 is 15.5 Å². The van der Waals surface area contributed by atoms with Crippen LogP contribution in [0.5, 0.6) is 0 Å². The third-order valence-electron chi connectivity index (χ3n) is 5.31. The lowest BCUT2D eigenvalue weighted by Gasteiger charge is -2.36. The van der Waals surface area contributed by atoms with Crippen LogP contribution in [0.2, 0.25) is 5.02 Å². The van der Waals surface area contributed by atoms with E-state index in [-0.39, 0.29) is 18.1 Å². The van der Waals surface area contributed by atoms with E-state index < -0.39 is 0 Å². The van der Waals surface area contributed by atoms with Gasteiger partial charge >= 0.3 is 0 Å². The lowest BCUT2D eigenvalue weighted by Crippen LogP contribution is -2.50. The van der Waals surface area contributed by atoms with Crippen molar-refractivity contribution in [1.29, 1.82) is 0 Å². The summed E-state index contributed by atoms with van der Waals surface area (Å²) in [5, 5.41) is 17.4. The minimum atomic E-state index is -0.126. The van der Waals surface area contributed by atoms with Gasteiger partial charge < -0.3 is 25.4 Å². The standard InChI is InChI=1S/C18H28ClN5O2/c1-20-17(22-12-18(13-25)5-9-26-10-6-18)23-14-4-8-24(11-14)16-15(19)3-2-7-21-16/h2-3,7,14,25H,4-6,8-13H2,1H3,(H2,20,22,23). The van der Waals surface area contributed by atoms with Gasteiger partial charge in [-0.25, -0.2) is 4.98 Å². The van der Waals surface area contributed by atoms with E-state index in [9.17, 15) is 5.11 Å². The number of guanidine groups is 1. The maximum absolute atomic E-state index is 9.82. The molecule has 0 amide bonds. The van der Waals surface area contributed by atoms with Crippen LogP contribution in [0.15, 0.2) is 23.3 Å². The summed E-state index contributed by atoms with van der Waals surface area (Å²) in [6, 6.07) is 3.99. The van der Waals surface area contributed by atoms with Crippen molar-refractivity contribution in [2.24, 2.45) is 10.4 Å². The molecule has 2 fully saturated rings. The van der Waals surface area contributed by atoms with Crippen molar-refractivity contribution in [3.05, 3.63) is 23.4 Å². The summed E-state index contributed by atoms with van der Waals surface area (Å²) in [6.45, 7) is 4.00. The molecular weight excluding hydrogens is 354 g/mol. The second-order valence-corrected chi connectivity index (χ2v) is 7.49. The van der Waals surface area contributed by atoms with E-state index in [0.29, 0.717) is 24.8 Å². The Morgan fingerprint density at radius 2 is 2.31 bits per heavy atom. The average molecular weight is 382 g/mol. The minimum Gasteiger partial charge on any atom is -0.396 e. The van der Waals surface area contributed by atoms with Crippen molar-refractivity contribution in [3.8, 4) is 0 Å². The second-order valence-electron chi connectivity index (χ2n) is 7.08.